The van der Waals surface area contributed by atoms with Crippen molar-refractivity contribution < 1.29 is 9.53 Å². The molecule has 5 nitrogen and oxygen atoms in total. The van der Waals surface area contributed by atoms with Crippen LogP contribution in [0.3, 0.4) is 0 Å². The number of nitrogens with two attached hydrogens (primary N) is 1. The van der Waals surface area contributed by atoms with E-state index >= 15 is 0 Å². The second-order valence-electron chi connectivity index (χ2n) is 2.56. The van der Waals surface area contributed by atoms with Crippen LogP contribution < -0.4 is 16.6 Å². The molecule has 0 saturated carbocycles. The van der Waals surface area contributed by atoms with Gasteiger partial charge in [0.1, 0.15) is 0 Å². The maximum Gasteiger partial charge on any atom is 0.251 e. The van der Waals surface area contributed by atoms with Crippen LogP contribution in [-0.4, -0.2) is 31.7 Å². The molecule has 72 valence electrons. The van der Waals surface area contributed by atoms with Gasteiger partial charge in [-0.1, -0.05) is 0 Å². The Labute approximate surface area is 77.4 Å². The molecule has 0 bridgehead atoms. The fourth-order valence-electron chi connectivity index (χ4n) is 1.18. The van der Waals surface area contributed by atoms with Crippen molar-refractivity contribution in [2.45, 2.75) is 18.6 Å². The average Bonchev–Trinajstić information content (AvgIpc) is 2.50. The van der Waals surface area contributed by atoms with Crippen molar-refractivity contribution in [1.82, 2.24) is 10.7 Å². The maximum absolute atomic E-state index is 10.9. The number of hydrogen-bond donors (Lipinski definition) is 3. The first kappa shape index (κ1) is 11.6. The molecule has 1 heterocycles. The summed E-state index contributed by atoms with van der Waals surface area (Å²) in [7, 11) is 1.63. The number of carbonyl (C=O) groups is 1. The lowest BCUT2D eigenvalue weighted by molar-refractivity contribution is -0.123. The number of methoxy groups -OCH3 is 1. The van der Waals surface area contributed by atoms with Crippen molar-refractivity contribution >= 4 is 18.3 Å². The highest BCUT2D eigenvalue weighted by atomic mass is 35.5. The first-order valence-corrected chi connectivity index (χ1v) is 3.54. The fourth-order valence-corrected chi connectivity index (χ4v) is 1.18. The van der Waals surface area contributed by atoms with Crippen molar-refractivity contribution in [2.75, 3.05) is 13.7 Å². The molecular weight excluding hydrogens is 182 g/mol. The molecular formula is C6H14ClN3O2. The minimum absolute atomic E-state index is 0. The lowest BCUT2D eigenvalue weighted by Crippen LogP contribution is -2.43. The van der Waals surface area contributed by atoms with E-state index in [2.05, 4.69) is 10.7 Å². The molecule has 12 heavy (non-hydrogen) atoms. The van der Waals surface area contributed by atoms with Crippen molar-refractivity contribution in [3.63, 3.8) is 0 Å². The van der Waals surface area contributed by atoms with E-state index in [4.69, 9.17) is 10.6 Å². The highest BCUT2D eigenvalue weighted by Crippen LogP contribution is 2.08. The van der Waals surface area contributed by atoms with E-state index in [9.17, 15) is 4.79 Å². The lowest BCUT2D eigenvalue weighted by Gasteiger charge is -2.06. The Kier molecular flexibility index (Phi) is 5.16. The summed E-state index contributed by atoms with van der Waals surface area (Å²) in [5, 5.41) is 2.99. The van der Waals surface area contributed by atoms with Crippen LogP contribution in [0.4, 0.5) is 0 Å². The average molecular weight is 196 g/mol. The molecule has 0 aromatic rings. The van der Waals surface area contributed by atoms with E-state index in [0.29, 0.717) is 13.0 Å². The zero-order chi connectivity index (χ0) is 8.27. The monoisotopic (exact) mass is 195 g/mol. The van der Waals surface area contributed by atoms with Crippen LogP contribution in [-0.2, 0) is 9.53 Å². The van der Waals surface area contributed by atoms with Crippen LogP contribution in [0.5, 0.6) is 0 Å². The van der Waals surface area contributed by atoms with E-state index in [-0.39, 0.29) is 30.5 Å². The van der Waals surface area contributed by atoms with Crippen molar-refractivity contribution in [3.8, 4) is 0 Å². The van der Waals surface area contributed by atoms with Crippen LogP contribution in [0.2, 0.25) is 0 Å². The van der Waals surface area contributed by atoms with Gasteiger partial charge in [0, 0.05) is 13.7 Å². The maximum atomic E-state index is 10.9. The summed E-state index contributed by atoms with van der Waals surface area (Å²) in [6.07, 6.45) is 0.830. The van der Waals surface area contributed by atoms with Gasteiger partial charge in [0.25, 0.3) is 5.91 Å². The molecule has 0 unspecified atom stereocenters. The Hall–Kier alpha value is -0.360. The van der Waals surface area contributed by atoms with E-state index in [0.717, 1.165) is 0 Å². The van der Waals surface area contributed by atoms with Crippen molar-refractivity contribution in [2.24, 2.45) is 5.84 Å². The van der Waals surface area contributed by atoms with Crippen LogP contribution in [0, 0.1) is 0 Å². The van der Waals surface area contributed by atoms with Crippen LogP contribution in [0.1, 0.15) is 6.42 Å². The first-order valence-electron chi connectivity index (χ1n) is 3.54. The molecule has 1 rings (SSSR count). The highest BCUT2D eigenvalue weighted by molar-refractivity contribution is 5.85. The summed E-state index contributed by atoms with van der Waals surface area (Å²) in [4.78, 5) is 10.9. The van der Waals surface area contributed by atoms with Gasteiger partial charge in [0.2, 0.25) is 0 Å². The summed E-state index contributed by atoms with van der Waals surface area (Å²) in [5.74, 6) is 4.78. The number of nitrogens with one attached hydrogen (secondary N) is 2. The minimum Gasteiger partial charge on any atom is -0.380 e. The molecule has 0 radical (unpaired) electrons. The third kappa shape index (κ3) is 2.60. The zero-order valence-electron chi connectivity index (χ0n) is 6.87. The first-order chi connectivity index (χ1) is 5.27. The molecule has 4 N–H and O–H groups in total. The standard InChI is InChI=1S/C6H13N3O2.ClH/c1-11-4-2-5(8-3-4)6(10)9-7;/h4-5,8H,2-3,7H2,1H3,(H,9,10);1H/t4-,5-;/m0./s1. The molecule has 6 heteroatoms. The summed E-state index contributed by atoms with van der Waals surface area (Å²) in [5.41, 5.74) is 2.09. The third-order valence-corrected chi connectivity index (χ3v) is 1.88. The Balaban J connectivity index is 0.00000121. The van der Waals surface area contributed by atoms with Crippen LogP contribution in [0.15, 0.2) is 0 Å². The van der Waals surface area contributed by atoms with E-state index < -0.39 is 0 Å². The highest BCUT2D eigenvalue weighted by Gasteiger charge is 2.28. The number of halogens is 1. The molecule has 1 saturated heterocycles. The van der Waals surface area contributed by atoms with Crippen LogP contribution in [0.25, 0.3) is 0 Å². The van der Waals surface area contributed by atoms with Gasteiger partial charge in [-0.25, -0.2) is 5.84 Å². The SMILES string of the molecule is CO[C@@H]1CN[C@H](C(=O)NN)C1.Cl. The summed E-state index contributed by atoms with van der Waals surface area (Å²) >= 11 is 0. The molecule has 0 spiro atoms. The fraction of sp³-hybridized carbons (Fsp3) is 0.833. The molecule has 1 amide bonds. The van der Waals surface area contributed by atoms with Gasteiger partial charge >= 0.3 is 0 Å². The smallest absolute Gasteiger partial charge is 0.251 e. The predicted octanol–water partition coefficient (Wildman–Crippen LogP) is -1.22. The zero-order valence-corrected chi connectivity index (χ0v) is 7.69. The summed E-state index contributed by atoms with van der Waals surface area (Å²) < 4.78 is 5.05. The topological polar surface area (TPSA) is 76.4 Å². The number of ether oxygens (including phenoxy) is 1. The molecule has 1 aliphatic rings. The second-order valence-corrected chi connectivity index (χ2v) is 2.56. The summed E-state index contributed by atoms with van der Waals surface area (Å²) in [6.45, 7) is 0.717. The van der Waals surface area contributed by atoms with Gasteiger partial charge < -0.3 is 10.1 Å². The molecule has 0 aromatic carbocycles. The number of hydrogen-bond acceptors (Lipinski definition) is 4. The Bertz CT molecular complexity index is 156. The van der Waals surface area contributed by atoms with E-state index in [1.807, 2.05) is 0 Å². The predicted molar refractivity (Wildman–Crippen MR) is 46.8 cm³/mol. The minimum atomic E-state index is -0.190. The largest absolute Gasteiger partial charge is 0.380 e. The van der Waals surface area contributed by atoms with Crippen LogP contribution >= 0.6 is 12.4 Å². The van der Waals surface area contributed by atoms with E-state index in [1.54, 1.807) is 7.11 Å². The normalized spacial score (nSPS) is 27.8. The van der Waals surface area contributed by atoms with Crippen molar-refractivity contribution in [1.29, 1.82) is 0 Å². The number of amides is 1. The molecule has 1 aliphatic heterocycles. The Morgan fingerprint density at radius 3 is 2.83 bits per heavy atom. The molecule has 0 aliphatic carbocycles. The van der Waals surface area contributed by atoms with Gasteiger partial charge in [0.15, 0.2) is 0 Å². The lowest BCUT2D eigenvalue weighted by atomic mass is 10.2. The second kappa shape index (κ2) is 5.31. The van der Waals surface area contributed by atoms with Gasteiger partial charge in [0.05, 0.1) is 12.1 Å². The molecule has 2 atom stereocenters. The number of rotatable bonds is 2. The van der Waals surface area contributed by atoms with Crippen molar-refractivity contribution in [3.05, 3.63) is 0 Å². The quantitative estimate of drug-likeness (QED) is 0.293. The van der Waals surface area contributed by atoms with Gasteiger partial charge in [-0.2, -0.15) is 0 Å². The number of carbonyl (C=O) groups excluding carboxylic acids is 1. The van der Waals surface area contributed by atoms with E-state index in [1.165, 1.54) is 0 Å². The Morgan fingerprint density at radius 2 is 2.42 bits per heavy atom. The third-order valence-electron chi connectivity index (χ3n) is 1.88. The Morgan fingerprint density at radius 1 is 1.75 bits per heavy atom. The number of hydrazine groups is 1. The summed E-state index contributed by atoms with van der Waals surface area (Å²) in [6, 6.07) is -0.190. The molecule has 0 aromatic heterocycles. The van der Waals surface area contributed by atoms with Gasteiger partial charge in [-0.05, 0) is 6.42 Å². The van der Waals surface area contributed by atoms with Gasteiger partial charge in [-0.3, -0.25) is 10.2 Å². The molecule has 1 fully saturated rings. The van der Waals surface area contributed by atoms with Gasteiger partial charge in [-0.15, -0.1) is 12.4 Å².